The predicted molar refractivity (Wildman–Crippen MR) is 158 cm³/mol. The van der Waals surface area contributed by atoms with Gasteiger partial charge < -0.3 is 14.2 Å². The number of nitriles is 2. The van der Waals surface area contributed by atoms with E-state index in [1.165, 1.54) is 0 Å². The van der Waals surface area contributed by atoms with Gasteiger partial charge >= 0.3 is 0 Å². The summed E-state index contributed by atoms with van der Waals surface area (Å²) in [6, 6.07) is 29.5. The van der Waals surface area contributed by atoms with Crippen LogP contribution in [0.25, 0.3) is 21.5 Å². The predicted octanol–water partition coefficient (Wildman–Crippen LogP) is 6.66. The van der Waals surface area contributed by atoms with E-state index < -0.39 is 10.1 Å². The van der Waals surface area contributed by atoms with Gasteiger partial charge in [0, 0.05) is 24.4 Å². The second-order valence-electron chi connectivity index (χ2n) is 8.87. The van der Waals surface area contributed by atoms with E-state index in [9.17, 15) is 10.5 Å². The first-order valence-corrected chi connectivity index (χ1v) is 14.5. The van der Waals surface area contributed by atoms with Crippen molar-refractivity contribution in [2.75, 3.05) is 17.7 Å². The van der Waals surface area contributed by atoms with Gasteiger partial charge in [0.25, 0.3) is 5.70 Å². The van der Waals surface area contributed by atoms with Crippen molar-refractivity contribution in [1.29, 1.82) is 10.5 Å². The van der Waals surface area contributed by atoms with Gasteiger partial charge in [0.2, 0.25) is 5.88 Å². The summed E-state index contributed by atoms with van der Waals surface area (Å²) in [5, 5.41) is 19.5. The van der Waals surface area contributed by atoms with Crippen molar-refractivity contribution in [3.05, 3.63) is 125 Å². The fourth-order valence-electron chi connectivity index (χ4n) is 4.07. The normalized spacial score (nSPS) is 13.9. The Labute approximate surface area is 240 Å². The van der Waals surface area contributed by atoms with Gasteiger partial charge in [-0.2, -0.15) is 5.26 Å². The van der Waals surface area contributed by atoms with E-state index in [0.717, 1.165) is 42.0 Å². The standard InChI is InChI=1S/C31H24N4O.CH4O3S/c1-3-4-19-35-28-20-25(23-11-7-5-8-12-23)15-17-29(28)36-30(35)18-16-26(21-32)31(27(22-33)34-2)24-13-9-6-10-14-24;1-5(2,3)4/h5-18,20H,3-4,19H2,1H3;1H3,(H,2,3,4)/p-1/b26-16?,30-18?,31-27-;. The SMILES string of the molecule is CS(=O)(=O)[O-].[C-]#[N+]/C(C#N)=C(\C(C#N)=CC=C1Oc2ccc(-c3ccccc3)cc2N1CCCC)c1ccccc1. The Balaban J connectivity index is 0.000000850. The maximum Gasteiger partial charge on any atom is 0.270 e. The van der Waals surface area contributed by atoms with Crippen molar-refractivity contribution in [3.63, 3.8) is 0 Å². The van der Waals surface area contributed by atoms with E-state index in [1.54, 1.807) is 24.3 Å². The van der Waals surface area contributed by atoms with Crippen LogP contribution in [-0.2, 0) is 10.1 Å². The molecule has 4 rings (SSSR count). The summed E-state index contributed by atoms with van der Waals surface area (Å²) in [6.45, 7) is 10.4. The highest BCUT2D eigenvalue weighted by molar-refractivity contribution is 7.84. The van der Waals surface area contributed by atoms with Crippen LogP contribution in [0.3, 0.4) is 0 Å². The van der Waals surface area contributed by atoms with E-state index in [0.29, 0.717) is 23.3 Å². The number of benzene rings is 3. The van der Waals surface area contributed by atoms with Crippen LogP contribution >= 0.6 is 0 Å². The second-order valence-corrected chi connectivity index (χ2v) is 10.3. The van der Waals surface area contributed by atoms with Gasteiger partial charge in [-0.15, -0.1) is 0 Å². The summed E-state index contributed by atoms with van der Waals surface area (Å²) in [5.41, 5.74) is 4.25. The van der Waals surface area contributed by atoms with Gasteiger partial charge in [0.15, 0.2) is 5.75 Å². The summed E-state index contributed by atoms with van der Waals surface area (Å²) in [6.07, 6.45) is 5.97. The van der Waals surface area contributed by atoms with Crippen molar-refractivity contribution >= 4 is 21.4 Å². The van der Waals surface area contributed by atoms with Crippen LogP contribution in [0.15, 0.2) is 108 Å². The molecule has 9 heteroatoms. The smallest absolute Gasteiger partial charge is 0.270 e. The zero-order valence-electron chi connectivity index (χ0n) is 22.6. The molecule has 1 aliphatic rings. The number of hydrogen-bond acceptors (Lipinski definition) is 7. The average Bonchev–Trinajstić information content (AvgIpc) is 3.32. The summed E-state index contributed by atoms with van der Waals surface area (Å²) < 4.78 is 33.4. The molecule has 0 aromatic heterocycles. The number of anilines is 1. The van der Waals surface area contributed by atoms with Crippen molar-refractivity contribution < 1.29 is 17.7 Å². The van der Waals surface area contributed by atoms with Crippen molar-refractivity contribution in [1.82, 2.24) is 0 Å². The molecule has 0 amide bonds. The Morgan fingerprint density at radius 2 is 1.66 bits per heavy atom. The molecular formula is C32H27N4O4S-. The van der Waals surface area contributed by atoms with E-state index in [1.807, 2.05) is 54.6 Å². The lowest BCUT2D eigenvalue weighted by Gasteiger charge is -2.18. The van der Waals surface area contributed by atoms with Crippen molar-refractivity contribution in [2.45, 2.75) is 19.8 Å². The molecule has 3 aromatic carbocycles. The quantitative estimate of drug-likeness (QED) is 0.136. The number of nitrogens with zero attached hydrogens (tertiary/aromatic N) is 4. The van der Waals surface area contributed by atoms with Crippen LogP contribution in [-0.4, -0.2) is 25.8 Å². The van der Waals surface area contributed by atoms with Gasteiger partial charge in [-0.1, -0.05) is 80.1 Å². The average molecular weight is 564 g/mol. The topological polar surface area (TPSA) is 122 Å². The molecule has 0 saturated carbocycles. The van der Waals surface area contributed by atoms with Gasteiger partial charge in [0.05, 0.1) is 40.1 Å². The Morgan fingerprint density at radius 1 is 1.02 bits per heavy atom. The van der Waals surface area contributed by atoms with Crippen LogP contribution in [0.4, 0.5) is 5.69 Å². The number of hydrogen-bond donors (Lipinski definition) is 0. The molecular weight excluding hydrogens is 536 g/mol. The Hall–Kier alpha value is -5.14. The summed E-state index contributed by atoms with van der Waals surface area (Å²) in [7, 11) is -3.92. The van der Waals surface area contributed by atoms with Crippen LogP contribution in [0.5, 0.6) is 5.75 Å². The number of fused-ring (bicyclic) bond motifs is 1. The van der Waals surface area contributed by atoms with Crippen LogP contribution in [0.2, 0.25) is 0 Å². The van der Waals surface area contributed by atoms with Gasteiger partial charge in [-0.05, 0) is 41.3 Å². The highest BCUT2D eigenvalue weighted by Crippen LogP contribution is 2.42. The molecule has 0 radical (unpaired) electrons. The first kappa shape index (κ1) is 30.4. The largest absolute Gasteiger partial charge is 0.748 e. The maximum atomic E-state index is 9.97. The molecule has 0 saturated heterocycles. The summed E-state index contributed by atoms with van der Waals surface area (Å²) in [5.74, 6) is 1.35. The Kier molecular flexibility index (Phi) is 10.6. The minimum absolute atomic E-state index is 0.127. The highest BCUT2D eigenvalue weighted by Gasteiger charge is 2.26. The zero-order valence-corrected chi connectivity index (χ0v) is 23.4. The minimum Gasteiger partial charge on any atom is -0.748 e. The fourth-order valence-corrected chi connectivity index (χ4v) is 4.07. The molecule has 0 aliphatic carbocycles. The van der Waals surface area contributed by atoms with Gasteiger partial charge in [-0.3, -0.25) is 0 Å². The molecule has 0 fully saturated rings. The Morgan fingerprint density at radius 3 is 2.22 bits per heavy atom. The summed E-state index contributed by atoms with van der Waals surface area (Å²) in [4.78, 5) is 5.49. The number of rotatable bonds is 7. The second kappa shape index (κ2) is 14.3. The number of ether oxygens (including phenoxy) is 1. The third-order valence-electron chi connectivity index (χ3n) is 5.87. The molecule has 1 aliphatic heterocycles. The number of unbranched alkanes of at least 4 members (excludes halogenated alkanes) is 1. The third kappa shape index (κ3) is 8.42. The molecule has 8 nitrogen and oxygen atoms in total. The van der Waals surface area contributed by atoms with E-state index in [4.69, 9.17) is 24.3 Å². The molecule has 0 unspecified atom stereocenters. The zero-order chi connectivity index (χ0) is 29.8. The first-order valence-electron chi connectivity index (χ1n) is 12.7. The lowest BCUT2D eigenvalue weighted by Crippen LogP contribution is -2.21. The molecule has 3 aromatic rings. The van der Waals surface area contributed by atoms with Crippen LogP contribution in [0.1, 0.15) is 25.3 Å². The van der Waals surface area contributed by atoms with Crippen molar-refractivity contribution in [3.8, 4) is 29.0 Å². The molecule has 0 bridgehead atoms. The van der Waals surface area contributed by atoms with Gasteiger partial charge in [0.1, 0.15) is 0 Å². The molecule has 0 N–H and O–H groups in total. The van der Waals surface area contributed by atoms with Crippen LogP contribution in [0, 0.1) is 29.2 Å². The van der Waals surface area contributed by atoms with E-state index in [-0.39, 0.29) is 11.3 Å². The molecule has 1 heterocycles. The minimum atomic E-state index is -3.92. The monoisotopic (exact) mass is 563 g/mol. The lowest BCUT2D eigenvalue weighted by atomic mass is 9.96. The van der Waals surface area contributed by atoms with Crippen molar-refractivity contribution in [2.24, 2.45) is 0 Å². The number of allylic oxidation sites excluding steroid dienone is 5. The highest BCUT2D eigenvalue weighted by atomic mass is 32.2. The fraction of sp³-hybridized carbons (Fsp3) is 0.156. The molecule has 41 heavy (non-hydrogen) atoms. The van der Waals surface area contributed by atoms with Crippen LogP contribution < -0.4 is 9.64 Å². The van der Waals surface area contributed by atoms with E-state index in [2.05, 4.69) is 40.9 Å². The first-order chi connectivity index (χ1) is 19.7. The molecule has 0 atom stereocenters. The Bertz CT molecular complexity index is 1680. The lowest BCUT2D eigenvalue weighted by molar-refractivity contribution is 0.437. The maximum absolute atomic E-state index is 9.97. The van der Waals surface area contributed by atoms with E-state index >= 15 is 0 Å². The summed E-state index contributed by atoms with van der Waals surface area (Å²) >= 11 is 0. The van der Waals surface area contributed by atoms with Gasteiger partial charge in [-0.25, -0.2) is 18.5 Å². The third-order valence-corrected chi connectivity index (χ3v) is 5.87. The molecule has 206 valence electrons. The molecule has 0 spiro atoms.